The van der Waals surface area contributed by atoms with Crippen LogP contribution in [-0.4, -0.2) is 15.5 Å². The normalized spacial score (nSPS) is 14.4. The number of nitrogens with one attached hydrogen (secondary N) is 1. The topological polar surface area (TPSA) is 64.0 Å². The van der Waals surface area contributed by atoms with E-state index in [-0.39, 0.29) is 29.8 Å². The SMILES string of the molecule is CC(C)c1nc2n(c(=O)c1C(C)C)CC(=O)N2. The lowest BCUT2D eigenvalue weighted by Crippen LogP contribution is -2.27. The minimum Gasteiger partial charge on any atom is -0.294 e. The van der Waals surface area contributed by atoms with Gasteiger partial charge in [0.05, 0.1) is 5.69 Å². The number of hydrogen-bond acceptors (Lipinski definition) is 3. The van der Waals surface area contributed by atoms with Gasteiger partial charge in [0.1, 0.15) is 6.54 Å². The molecule has 5 nitrogen and oxygen atoms in total. The number of carbonyl (C=O) groups is 1. The van der Waals surface area contributed by atoms with Gasteiger partial charge in [0.15, 0.2) is 0 Å². The Morgan fingerprint density at radius 3 is 2.35 bits per heavy atom. The first-order chi connectivity index (χ1) is 7.91. The Hall–Kier alpha value is -1.65. The number of anilines is 1. The zero-order chi connectivity index (χ0) is 12.7. The first kappa shape index (κ1) is 11.8. The monoisotopic (exact) mass is 235 g/mol. The molecule has 92 valence electrons. The first-order valence-corrected chi connectivity index (χ1v) is 5.86. The summed E-state index contributed by atoms with van der Waals surface area (Å²) in [5.41, 5.74) is 1.42. The molecule has 0 bridgehead atoms. The quantitative estimate of drug-likeness (QED) is 0.843. The largest absolute Gasteiger partial charge is 0.294 e. The van der Waals surface area contributed by atoms with Crippen molar-refractivity contribution in [3.63, 3.8) is 0 Å². The van der Waals surface area contributed by atoms with Crippen LogP contribution in [0.5, 0.6) is 0 Å². The van der Waals surface area contributed by atoms with Crippen molar-refractivity contribution in [3.05, 3.63) is 21.6 Å². The van der Waals surface area contributed by atoms with E-state index < -0.39 is 0 Å². The van der Waals surface area contributed by atoms with Gasteiger partial charge in [0, 0.05) is 5.56 Å². The minimum absolute atomic E-state index is 0.0826. The number of fused-ring (bicyclic) bond motifs is 1. The number of nitrogens with zero attached hydrogens (tertiary/aromatic N) is 2. The highest BCUT2D eigenvalue weighted by Crippen LogP contribution is 2.24. The third kappa shape index (κ3) is 1.85. The fourth-order valence-electron chi connectivity index (χ4n) is 2.12. The van der Waals surface area contributed by atoms with Gasteiger partial charge in [-0.3, -0.25) is 19.5 Å². The summed E-state index contributed by atoms with van der Waals surface area (Å²) in [4.78, 5) is 28.0. The zero-order valence-corrected chi connectivity index (χ0v) is 10.6. The molecule has 1 aliphatic heterocycles. The molecule has 0 aromatic carbocycles. The maximum absolute atomic E-state index is 12.3. The molecule has 2 rings (SSSR count). The Balaban J connectivity index is 2.71. The van der Waals surface area contributed by atoms with Crippen molar-refractivity contribution in [2.24, 2.45) is 0 Å². The molecular weight excluding hydrogens is 218 g/mol. The van der Waals surface area contributed by atoms with Gasteiger partial charge >= 0.3 is 0 Å². The molecule has 0 atom stereocenters. The summed E-state index contributed by atoms with van der Waals surface area (Å²) in [5.74, 6) is 0.489. The van der Waals surface area contributed by atoms with Crippen molar-refractivity contribution in [2.45, 2.75) is 46.1 Å². The predicted molar refractivity (Wildman–Crippen MR) is 65.3 cm³/mol. The fourth-order valence-corrected chi connectivity index (χ4v) is 2.12. The van der Waals surface area contributed by atoms with Crippen LogP contribution in [0.2, 0.25) is 0 Å². The van der Waals surface area contributed by atoms with Crippen LogP contribution in [0, 0.1) is 0 Å². The molecule has 5 heteroatoms. The van der Waals surface area contributed by atoms with Crippen LogP contribution >= 0.6 is 0 Å². The van der Waals surface area contributed by atoms with E-state index in [1.54, 1.807) is 0 Å². The molecule has 0 saturated carbocycles. The van der Waals surface area contributed by atoms with Gasteiger partial charge in [0.25, 0.3) is 5.56 Å². The Kier molecular flexibility index (Phi) is 2.77. The number of rotatable bonds is 2. The van der Waals surface area contributed by atoms with Gasteiger partial charge < -0.3 is 0 Å². The number of carbonyl (C=O) groups excluding carboxylic acids is 1. The second kappa shape index (κ2) is 3.98. The van der Waals surface area contributed by atoms with Crippen molar-refractivity contribution in [3.8, 4) is 0 Å². The molecule has 2 heterocycles. The third-order valence-electron chi connectivity index (χ3n) is 2.91. The highest BCUT2D eigenvalue weighted by atomic mass is 16.2. The highest BCUT2D eigenvalue weighted by Gasteiger charge is 2.26. The molecule has 1 aromatic heterocycles. The Labute approximate surface area is 99.9 Å². The lowest BCUT2D eigenvalue weighted by Gasteiger charge is -2.15. The summed E-state index contributed by atoms with van der Waals surface area (Å²) in [6.07, 6.45) is 0. The molecule has 0 aliphatic carbocycles. The van der Waals surface area contributed by atoms with Gasteiger partial charge in [-0.1, -0.05) is 27.7 Å². The van der Waals surface area contributed by atoms with Crippen LogP contribution in [0.25, 0.3) is 0 Å². The smallest absolute Gasteiger partial charge is 0.259 e. The van der Waals surface area contributed by atoms with E-state index in [4.69, 9.17) is 0 Å². The van der Waals surface area contributed by atoms with Crippen LogP contribution in [0.3, 0.4) is 0 Å². The van der Waals surface area contributed by atoms with Crippen molar-refractivity contribution in [2.75, 3.05) is 5.32 Å². The molecule has 0 spiro atoms. The molecule has 0 unspecified atom stereocenters. The van der Waals surface area contributed by atoms with E-state index >= 15 is 0 Å². The molecule has 0 fully saturated rings. The number of amides is 1. The third-order valence-corrected chi connectivity index (χ3v) is 2.91. The highest BCUT2D eigenvalue weighted by molar-refractivity contribution is 5.92. The second-order valence-corrected chi connectivity index (χ2v) is 4.98. The van der Waals surface area contributed by atoms with Crippen LogP contribution in [0.15, 0.2) is 4.79 Å². The van der Waals surface area contributed by atoms with E-state index in [1.165, 1.54) is 4.57 Å². The van der Waals surface area contributed by atoms with Gasteiger partial charge in [0.2, 0.25) is 11.9 Å². The average Bonchev–Trinajstić information content (AvgIpc) is 2.57. The molecule has 0 saturated heterocycles. The predicted octanol–water partition coefficient (Wildman–Crippen LogP) is 1.44. The first-order valence-electron chi connectivity index (χ1n) is 5.86. The van der Waals surface area contributed by atoms with E-state index in [0.717, 1.165) is 11.3 Å². The van der Waals surface area contributed by atoms with E-state index in [1.807, 2.05) is 27.7 Å². The standard InChI is InChI=1S/C12H17N3O2/c1-6(2)9-10(7(3)4)14-12-13-8(16)5-15(12)11(9)17/h6-7H,5H2,1-4H3,(H,13,14,16). The summed E-state index contributed by atoms with van der Waals surface area (Å²) < 4.78 is 1.42. The minimum atomic E-state index is -0.176. The Morgan fingerprint density at radius 2 is 1.82 bits per heavy atom. The van der Waals surface area contributed by atoms with Crippen LogP contribution in [0.4, 0.5) is 5.95 Å². The van der Waals surface area contributed by atoms with Crippen LogP contribution in [0.1, 0.15) is 50.8 Å². The van der Waals surface area contributed by atoms with Gasteiger partial charge in [-0.25, -0.2) is 4.98 Å². The van der Waals surface area contributed by atoms with Gasteiger partial charge in [-0.15, -0.1) is 0 Å². The summed E-state index contributed by atoms with van der Waals surface area (Å²) in [6, 6.07) is 0. The fraction of sp³-hybridized carbons (Fsp3) is 0.583. The lowest BCUT2D eigenvalue weighted by atomic mass is 9.96. The zero-order valence-electron chi connectivity index (χ0n) is 10.6. The molecule has 1 N–H and O–H groups in total. The Bertz CT molecular complexity index is 529. The Morgan fingerprint density at radius 1 is 1.18 bits per heavy atom. The van der Waals surface area contributed by atoms with Crippen molar-refractivity contribution in [1.82, 2.24) is 9.55 Å². The van der Waals surface area contributed by atoms with Gasteiger partial charge in [-0.2, -0.15) is 0 Å². The summed E-state index contributed by atoms with van der Waals surface area (Å²) in [7, 11) is 0. The molecular formula is C12H17N3O2. The van der Waals surface area contributed by atoms with Crippen LogP contribution in [-0.2, 0) is 11.3 Å². The van der Waals surface area contributed by atoms with Crippen molar-refractivity contribution < 1.29 is 4.79 Å². The van der Waals surface area contributed by atoms with Crippen molar-refractivity contribution in [1.29, 1.82) is 0 Å². The summed E-state index contributed by atoms with van der Waals surface area (Å²) in [6.45, 7) is 8.03. The number of hydrogen-bond donors (Lipinski definition) is 1. The molecule has 0 radical (unpaired) electrons. The maximum atomic E-state index is 12.3. The van der Waals surface area contributed by atoms with E-state index in [0.29, 0.717) is 5.95 Å². The van der Waals surface area contributed by atoms with Crippen molar-refractivity contribution >= 4 is 11.9 Å². The maximum Gasteiger partial charge on any atom is 0.259 e. The molecule has 1 amide bonds. The number of aromatic nitrogens is 2. The lowest BCUT2D eigenvalue weighted by molar-refractivity contribution is -0.115. The molecule has 1 aliphatic rings. The second-order valence-electron chi connectivity index (χ2n) is 4.98. The van der Waals surface area contributed by atoms with E-state index in [9.17, 15) is 9.59 Å². The van der Waals surface area contributed by atoms with Crippen LogP contribution < -0.4 is 10.9 Å². The molecule has 17 heavy (non-hydrogen) atoms. The van der Waals surface area contributed by atoms with E-state index in [2.05, 4.69) is 10.3 Å². The molecule has 1 aromatic rings. The average molecular weight is 235 g/mol. The summed E-state index contributed by atoms with van der Waals surface area (Å²) >= 11 is 0. The van der Waals surface area contributed by atoms with Gasteiger partial charge in [-0.05, 0) is 11.8 Å². The summed E-state index contributed by atoms with van der Waals surface area (Å²) in [5, 5.41) is 2.61.